The fourth-order valence-electron chi connectivity index (χ4n) is 1.84. The molecule has 0 fully saturated rings. The first-order valence-corrected chi connectivity index (χ1v) is 5.79. The lowest BCUT2D eigenvalue weighted by Crippen LogP contribution is -1.77. The second-order valence-corrected chi connectivity index (χ2v) is 4.73. The summed E-state index contributed by atoms with van der Waals surface area (Å²) in [5.74, 6) is 0.00622. The summed E-state index contributed by atoms with van der Waals surface area (Å²) in [6, 6.07) is 5.55. The normalized spacial score (nSPS) is 11.4. The van der Waals surface area contributed by atoms with Crippen LogP contribution in [-0.4, -0.2) is 15.1 Å². The lowest BCUT2D eigenvalue weighted by Gasteiger charge is -1.96. The molecule has 0 bridgehead atoms. The van der Waals surface area contributed by atoms with Crippen molar-refractivity contribution in [2.75, 3.05) is 0 Å². The number of aromatic nitrogens is 2. The number of nitrogens with zero attached hydrogens (tertiary/aromatic N) is 1. The SMILES string of the molecule is Oc1ncc(Br)c2[nH]c3c(Cl)cccc3c12. The Balaban J connectivity index is 2.66. The van der Waals surface area contributed by atoms with Crippen molar-refractivity contribution < 1.29 is 5.11 Å². The molecule has 3 rings (SSSR count). The number of H-pyrrole nitrogens is 1. The minimum atomic E-state index is 0.00622. The highest BCUT2D eigenvalue weighted by Gasteiger charge is 2.13. The second kappa shape index (κ2) is 3.37. The molecule has 16 heavy (non-hydrogen) atoms. The van der Waals surface area contributed by atoms with E-state index in [1.807, 2.05) is 12.1 Å². The summed E-state index contributed by atoms with van der Waals surface area (Å²) in [7, 11) is 0. The van der Waals surface area contributed by atoms with Gasteiger partial charge in [-0.15, -0.1) is 0 Å². The van der Waals surface area contributed by atoms with Crippen LogP contribution in [-0.2, 0) is 0 Å². The number of aromatic amines is 1. The Morgan fingerprint density at radius 3 is 2.94 bits per heavy atom. The van der Waals surface area contributed by atoms with Crippen LogP contribution in [0.5, 0.6) is 5.88 Å². The van der Waals surface area contributed by atoms with Crippen LogP contribution in [0.3, 0.4) is 0 Å². The van der Waals surface area contributed by atoms with Gasteiger partial charge in [-0.25, -0.2) is 4.98 Å². The van der Waals surface area contributed by atoms with Crippen LogP contribution in [0.1, 0.15) is 0 Å². The van der Waals surface area contributed by atoms with Gasteiger partial charge in [0.15, 0.2) is 0 Å². The van der Waals surface area contributed by atoms with E-state index in [1.54, 1.807) is 12.3 Å². The van der Waals surface area contributed by atoms with Crippen LogP contribution in [0.4, 0.5) is 0 Å². The highest BCUT2D eigenvalue weighted by molar-refractivity contribution is 9.10. The molecule has 0 aliphatic carbocycles. The number of fused-ring (bicyclic) bond motifs is 3. The molecule has 80 valence electrons. The number of hydrogen-bond acceptors (Lipinski definition) is 2. The standard InChI is InChI=1S/C11H6BrClN2O/c12-6-4-14-11(16)8-5-2-1-3-7(13)9(5)15-10(6)8/h1-4,15H,(H,14,16). The molecular weight excluding hydrogens is 291 g/mol. The van der Waals surface area contributed by atoms with Crippen molar-refractivity contribution in [2.24, 2.45) is 0 Å². The quantitative estimate of drug-likeness (QED) is 0.662. The van der Waals surface area contributed by atoms with Gasteiger partial charge in [-0.1, -0.05) is 23.7 Å². The van der Waals surface area contributed by atoms with Gasteiger partial charge in [0.05, 0.1) is 25.9 Å². The first kappa shape index (κ1) is 9.93. The molecule has 0 saturated heterocycles. The van der Waals surface area contributed by atoms with Crippen molar-refractivity contribution in [2.45, 2.75) is 0 Å². The van der Waals surface area contributed by atoms with Gasteiger partial charge in [0.1, 0.15) is 0 Å². The van der Waals surface area contributed by atoms with Gasteiger partial charge >= 0.3 is 0 Å². The molecule has 0 aliphatic rings. The molecule has 2 N–H and O–H groups in total. The van der Waals surface area contributed by atoms with E-state index < -0.39 is 0 Å². The summed E-state index contributed by atoms with van der Waals surface area (Å²) in [4.78, 5) is 7.08. The highest BCUT2D eigenvalue weighted by Crippen LogP contribution is 2.37. The van der Waals surface area contributed by atoms with Gasteiger partial charge < -0.3 is 10.1 Å². The molecule has 0 aliphatic heterocycles. The van der Waals surface area contributed by atoms with Gasteiger partial charge in [-0.05, 0) is 22.0 Å². The minimum absolute atomic E-state index is 0.00622. The summed E-state index contributed by atoms with van der Waals surface area (Å²) in [5.41, 5.74) is 1.61. The average Bonchev–Trinajstić information content (AvgIpc) is 2.66. The molecule has 0 atom stereocenters. The van der Waals surface area contributed by atoms with E-state index in [1.165, 1.54) is 0 Å². The van der Waals surface area contributed by atoms with E-state index >= 15 is 0 Å². The Morgan fingerprint density at radius 2 is 2.12 bits per heavy atom. The van der Waals surface area contributed by atoms with E-state index in [9.17, 15) is 5.11 Å². The summed E-state index contributed by atoms with van der Waals surface area (Å²) >= 11 is 9.47. The zero-order chi connectivity index (χ0) is 11.3. The third-order valence-electron chi connectivity index (χ3n) is 2.55. The maximum Gasteiger partial charge on any atom is 0.221 e. The number of aromatic hydroxyl groups is 1. The van der Waals surface area contributed by atoms with Crippen LogP contribution in [0, 0.1) is 0 Å². The number of rotatable bonds is 0. The zero-order valence-electron chi connectivity index (χ0n) is 7.96. The number of pyridine rings is 1. The maximum atomic E-state index is 9.78. The van der Waals surface area contributed by atoms with Crippen LogP contribution in [0.25, 0.3) is 21.8 Å². The first-order chi connectivity index (χ1) is 7.68. The molecule has 0 amide bonds. The zero-order valence-corrected chi connectivity index (χ0v) is 10.3. The predicted octanol–water partition coefficient (Wildman–Crippen LogP) is 3.84. The molecular formula is C11H6BrClN2O. The summed E-state index contributed by atoms with van der Waals surface area (Å²) in [5, 5.41) is 12.0. The molecule has 0 saturated carbocycles. The van der Waals surface area contributed by atoms with E-state index in [-0.39, 0.29) is 5.88 Å². The fraction of sp³-hybridized carbons (Fsp3) is 0. The Morgan fingerprint density at radius 1 is 1.31 bits per heavy atom. The third-order valence-corrected chi connectivity index (χ3v) is 3.46. The molecule has 2 heterocycles. The largest absolute Gasteiger partial charge is 0.493 e. The second-order valence-electron chi connectivity index (χ2n) is 3.47. The van der Waals surface area contributed by atoms with E-state index in [2.05, 4.69) is 25.9 Å². The highest BCUT2D eigenvalue weighted by atomic mass is 79.9. The van der Waals surface area contributed by atoms with Gasteiger partial charge in [-0.2, -0.15) is 0 Å². The molecule has 3 aromatic rings. The van der Waals surface area contributed by atoms with Crippen LogP contribution < -0.4 is 0 Å². The molecule has 0 radical (unpaired) electrons. The van der Waals surface area contributed by atoms with Gasteiger partial charge in [0.25, 0.3) is 0 Å². The Kier molecular flexibility index (Phi) is 2.09. The van der Waals surface area contributed by atoms with Crippen molar-refractivity contribution in [3.8, 4) is 5.88 Å². The first-order valence-electron chi connectivity index (χ1n) is 4.62. The average molecular weight is 298 g/mol. The van der Waals surface area contributed by atoms with E-state index in [0.717, 1.165) is 20.9 Å². The maximum absolute atomic E-state index is 9.78. The topological polar surface area (TPSA) is 48.9 Å². The Labute approximate surface area is 104 Å². The van der Waals surface area contributed by atoms with Crippen LogP contribution in [0.2, 0.25) is 5.02 Å². The number of hydrogen-bond donors (Lipinski definition) is 2. The molecule has 1 aromatic carbocycles. The minimum Gasteiger partial charge on any atom is -0.493 e. The van der Waals surface area contributed by atoms with Gasteiger partial charge in [0, 0.05) is 11.6 Å². The van der Waals surface area contributed by atoms with Crippen molar-refractivity contribution >= 4 is 49.3 Å². The Hall–Kier alpha value is -1.26. The third kappa shape index (κ3) is 1.23. The molecule has 0 unspecified atom stereocenters. The monoisotopic (exact) mass is 296 g/mol. The van der Waals surface area contributed by atoms with Crippen LogP contribution >= 0.6 is 27.5 Å². The van der Waals surface area contributed by atoms with E-state index in [4.69, 9.17) is 11.6 Å². The Bertz CT molecular complexity index is 708. The van der Waals surface area contributed by atoms with E-state index in [0.29, 0.717) is 10.4 Å². The van der Waals surface area contributed by atoms with Crippen molar-refractivity contribution in [3.05, 3.63) is 33.9 Å². The molecule has 2 aromatic heterocycles. The number of benzene rings is 1. The fourth-order valence-corrected chi connectivity index (χ4v) is 2.46. The molecule has 0 spiro atoms. The van der Waals surface area contributed by atoms with Crippen molar-refractivity contribution in [3.63, 3.8) is 0 Å². The molecule has 5 heteroatoms. The van der Waals surface area contributed by atoms with Crippen molar-refractivity contribution in [1.29, 1.82) is 0 Å². The lowest BCUT2D eigenvalue weighted by molar-refractivity contribution is 0.460. The predicted molar refractivity (Wildman–Crippen MR) is 68.0 cm³/mol. The number of halogens is 2. The summed E-state index contributed by atoms with van der Waals surface area (Å²) < 4.78 is 0.799. The van der Waals surface area contributed by atoms with Crippen molar-refractivity contribution in [1.82, 2.24) is 9.97 Å². The summed E-state index contributed by atoms with van der Waals surface area (Å²) in [6.45, 7) is 0. The smallest absolute Gasteiger partial charge is 0.221 e. The lowest BCUT2D eigenvalue weighted by atomic mass is 10.2. The number of nitrogens with one attached hydrogen (secondary N) is 1. The van der Waals surface area contributed by atoms with Crippen LogP contribution in [0.15, 0.2) is 28.9 Å². The molecule has 3 nitrogen and oxygen atoms in total. The van der Waals surface area contributed by atoms with Gasteiger partial charge in [0.2, 0.25) is 5.88 Å². The summed E-state index contributed by atoms with van der Waals surface area (Å²) in [6.07, 6.45) is 1.56. The number of para-hydroxylation sites is 1. The van der Waals surface area contributed by atoms with Gasteiger partial charge in [-0.3, -0.25) is 0 Å².